The Hall–Kier alpha value is -4.94. The summed E-state index contributed by atoms with van der Waals surface area (Å²) < 4.78 is 14.7. The molecule has 1 aliphatic heterocycles. The second-order valence-electron chi connectivity index (χ2n) is 10.9. The molecular weight excluding hydrogens is 533 g/mol. The monoisotopic (exact) mass is 563 g/mol. The molecule has 1 aromatic carbocycles. The maximum absolute atomic E-state index is 14.7. The number of fused-ring (bicyclic) bond motifs is 2. The van der Waals surface area contributed by atoms with E-state index in [1.165, 1.54) is 6.07 Å². The molecule has 0 atom stereocenters. The van der Waals surface area contributed by atoms with E-state index in [1.807, 2.05) is 44.4 Å². The molecule has 0 spiro atoms. The zero-order valence-corrected chi connectivity index (χ0v) is 23.3. The van der Waals surface area contributed by atoms with Crippen molar-refractivity contribution in [2.75, 3.05) is 50.5 Å². The molecule has 0 bridgehead atoms. The Balaban J connectivity index is 1.24. The van der Waals surface area contributed by atoms with Crippen LogP contribution in [0.1, 0.15) is 0 Å². The first-order valence-corrected chi connectivity index (χ1v) is 13.8. The predicted molar refractivity (Wildman–Crippen MR) is 163 cm³/mol. The zero-order chi connectivity index (χ0) is 28.8. The van der Waals surface area contributed by atoms with Gasteiger partial charge in [0.25, 0.3) is 0 Å². The van der Waals surface area contributed by atoms with Crippen LogP contribution in [0.3, 0.4) is 0 Å². The van der Waals surface area contributed by atoms with Crippen molar-refractivity contribution in [2.24, 2.45) is 5.73 Å². The van der Waals surface area contributed by atoms with Crippen molar-refractivity contribution in [1.82, 2.24) is 40.0 Å². The third-order valence-corrected chi connectivity index (χ3v) is 7.41. The molecule has 1 fully saturated rings. The Kier molecular flexibility index (Phi) is 6.48. The van der Waals surface area contributed by atoms with E-state index in [2.05, 4.69) is 40.3 Å². The molecule has 0 unspecified atom stereocenters. The lowest BCUT2D eigenvalue weighted by atomic mass is 10.0. The Morgan fingerprint density at radius 3 is 2.79 bits per heavy atom. The Morgan fingerprint density at radius 1 is 1.07 bits per heavy atom. The molecule has 1 saturated heterocycles. The summed E-state index contributed by atoms with van der Waals surface area (Å²) in [6.07, 6.45) is 5.17. The summed E-state index contributed by atoms with van der Waals surface area (Å²) in [7, 11) is 4.01. The molecule has 0 amide bonds. The number of benzene rings is 1. The van der Waals surface area contributed by atoms with Gasteiger partial charge < -0.3 is 25.8 Å². The fourth-order valence-electron chi connectivity index (χ4n) is 5.24. The molecule has 0 radical (unpaired) electrons. The number of nitrogens with zero attached hydrogens (tertiary/aromatic N) is 7. The van der Waals surface area contributed by atoms with Crippen molar-refractivity contribution >= 4 is 33.6 Å². The van der Waals surface area contributed by atoms with Crippen molar-refractivity contribution in [3.63, 3.8) is 0 Å². The van der Waals surface area contributed by atoms with Crippen molar-refractivity contribution < 1.29 is 4.39 Å². The summed E-state index contributed by atoms with van der Waals surface area (Å²) in [5, 5.41) is 11.8. The smallest absolute Gasteiger partial charge is 0.147 e. The summed E-state index contributed by atoms with van der Waals surface area (Å²) in [4.78, 5) is 26.2. The Bertz CT molecular complexity index is 1900. The summed E-state index contributed by atoms with van der Waals surface area (Å²) in [6.45, 7) is 3.07. The van der Waals surface area contributed by atoms with Crippen molar-refractivity contribution in [3.05, 3.63) is 66.9 Å². The van der Waals surface area contributed by atoms with E-state index in [4.69, 9.17) is 15.7 Å². The van der Waals surface area contributed by atoms with Gasteiger partial charge in [-0.2, -0.15) is 5.10 Å². The van der Waals surface area contributed by atoms with Crippen LogP contribution >= 0.6 is 0 Å². The number of likely N-dealkylation sites (N-methyl/N-ethyl adjacent to an activating group) is 1. The van der Waals surface area contributed by atoms with Crippen LogP contribution in [0.4, 0.5) is 15.9 Å². The quantitative estimate of drug-likeness (QED) is 0.217. The minimum absolute atomic E-state index is 0.164. The molecule has 12 heteroatoms. The molecular formula is C30H30FN11. The van der Waals surface area contributed by atoms with E-state index in [0.29, 0.717) is 34.8 Å². The fraction of sp³-hybridized carbons (Fsp3) is 0.233. The predicted octanol–water partition coefficient (Wildman–Crippen LogP) is 3.89. The van der Waals surface area contributed by atoms with Gasteiger partial charge >= 0.3 is 0 Å². The molecule has 5 N–H and O–H groups in total. The van der Waals surface area contributed by atoms with Gasteiger partial charge in [-0.3, -0.25) is 10.1 Å². The molecule has 5 aromatic heterocycles. The van der Waals surface area contributed by atoms with Gasteiger partial charge in [0.15, 0.2) is 0 Å². The van der Waals surface area contributed by atoms with Crippen LogP contribution in [0, 0.1) is 5.82 Å². The van der Waals surface area contributed by atoms with Gasteiger partial charge in [-0.15, -0.1) is 0 Å². The lowest BCUT2D eigenvalue weighted by molar-refractivity contribution is 0.425. The largest absolute Gasteiger partial charge is 0.384 e. The van der Waals surface area contributed by atoms with Gasteiger partial charge in [0.1, 0.15) is 34.2 Å². The molecule has 42 heavy (non-hydrogen) atoms. The van der Waals surface area contributed by atoms with Crippen LogP contribution in [-0.2, 0) is 0 Å². The topological polar surface area (TPSA) is 141 Å². The summed E-state index contributed by atoms with van der Waals surface area (Å²) in [6, 6.07) is 12.9. The highest BCUT2D eigenvalue weighted by Gasteiger charge is 2.25. The van der Waals surface area contributed by atoms with Crippen LogP contribution in [-0.4, -0.2) is 86.3 Å². The second kappa shape index (κ2) is 10.5. The number of H-pyrrole nitrogens is 2. The standard InChI is InChI=1S/C30H30FN11/c1-41(2)8-7-34-20-10-17(9-18(31)11-20)21-5-6-35-30-22(21)12-25(38-30)29-28-24(39-40-29)4-3-23(37-28)26-13-33-14-27(36-26)42-15-19(32)16-42/h3-6,9-14,19,34H,7-8,15-16,32H2,1-2H3,(H,35,38)(H,39,40). The average molecular weight is 564 g/mol. The molecule has 0 aliphatic carbocycles. The first kappa shape index (κ1) is 26.0. The minimum atomic E-state index is -0.306. The van der Waals surface area contributed by atoms with Gasteiger partial charge in [-0.25, -0.2) is 19.3 Å². The number of hydrogen-bond acceptors (Lipinski definition) is 9. The first-order valence-electron chi connectivity index (χ1n) is 13.8. The van der Waals surface area contributed by atoms with Crippen LogP contribution in [0.2, 0.25) is 0 Å². The molecule has 1 aliphatic rings. The van der Waals surface area contributed by atoms with Gasteiger partial charge in [-0.1, -0.05) is 0 Å². The Morgan fingerprint density at radius 2 is 1.95 bits per heavy atom. The number of aromatic amines is 2. The van der Waals surface area contributed by atoms with E-state index >= 15 is 0 Å². The Labute approximate surface area is 241 Å². The number of pyridine rings is 2. The van der Waals surface area contributed by atoms with Gasteiger partial charge in [0.05, 0.1) is 29.3 Å². The number of halogens is 1. The number of aromatic nitrogens is 7. The normalized spacial score (nSPS) is 13.8. The van der Waals surface area contributed by atoms with Crippen LogP contribution < -0.4 is 16.0 Å². The maximum Gasteiger partial charge on any atom is 0.147 e. The maximum atomic E-state index is 14.7. The van der Waals surface area contributed by atoms with Crippen molar-refractivity contribution in [3.8, 4) is 33.9 Å². The summed E-state index contributed by atoms with van der Waals surface area (Å²) >= 11 is 0. The second-order valence-corrected chi connectivity index (χ2v) is 10.9. The number of rotatable bonds is 8. The van der Waals surface area contributed by atoms with Gasteiger partial charge in [0.2, 0.25) is 0 Å². The van der Waals surface area contributed by atoms with Crippen molar-refractivity contribution in [2.45, 2.75) is 6.04 Å². The zero-order valence-electron chi connectivity index (χ0n) is 23.3. The average Bonchev–Trinajstić information content (AvgIpc) is 3.59. The molecule has 212 valence electrons. The first-order chi connectivity index (χ1) is 20.4. The minimum Gasteiger partial charge on any atom is -0.384 e. The molecule has 6 aromatic rings. The number of nitrogens with two attached hydrogens (primary N) is 1. The van der Waals surface area contributed by atoms with Gasteiger partial charge in [0, 0.05) is 49.5 Å². The number of nitrogens with one attached hydrogen (secondary N) is 3. The van der Waals surface area contributed by atoms with E-state index < -0.39 is 0 Å². The highest BCUT2D eigenvalue weighted by molar-refractivity contribution is 5.99. The highest BCUT2D eigenvalue weighted by atomic mass is 19.1. The van der Waals surface area contributed by atoms with Crippen LogP contribution in [0.25, 0.3) is 56.0 Å². The number of anilines is 2. The highest BCUT2D eigenvalue weighted by Crippen LogP contribution is 2.34. The van der Waals surface area contributed by atoms with Crippen molar-refractivity contribution in [1.29, 1.82) is 0 Å². The summed E-state index contributed by atoms with van der Waals surface area (Å²) in [5.74, 6) is 0.478. The molecule has 6 heterocycles. The third-order valence-electron chi connectivity index (χ3n) is 7.41. The molecule has 0 saturated carbocycles. The van der Waals surface area contributed by atoms with E-state index in [9.17, 15) is 4.39 Å². The summed E-state index contributed by atoms with van der Waals surface area (Å²) in [5.41, 5.74) is 13.2. The SMILES string of the molecule is CN(C)CCNc1cc(F)cc(-c2ccnc3[nH]c(-c4n[nH]c5ccc(-c6cncc(N7CC(N)C7)n6)nc45)cc23)c1. The molecule has 11 nitrogen and oxygen atoms in total. The van der Waals surface area contributed by atoms with E-state index in [-0.39, 0.29) is 11.9 Å². The lowest BCUT2D eigenvalue weighted by Gasteiger charge is -2.37. The van der Waals surface area contributed by atoms with Crippen LogP contribution in [0.5, 0.6) is 0 Å². The fourth-order valence-corrected chi connectivity index (χ4v) is 5.24. The van der Waals surface area contributed by atoms with E-state index in [0.717, 1.165) is 58.9 Å². The van der Waals surface area contributed by atoms with E-state index in [1.54, 1.807) is 24.7 Å². The van der Waals surface area contributed by atoms with Gasteiger partial charge in [-0.05, 0) is 67.7 Å². The third kappa shape index (κ3) is 4.91. The number of hydrogen-bond donors (Lipinski definition) is 4. The molecule has 7 rings (SSSR count). The lowest BCUT2D eigenvalue weighted by Crippen LogP contribution is -2.56. The van der Waals surface area contributed by atoms with Crippen LogP contribution in [0.15, 0.2) is 61.1 Å².